The first-order valence-corrected chi connectivity index (χ1v) is 6.15. The summed E-state index contributed by atoms with van der Waals surface area (Å²) in [5, 5.41) is 10.7. The lowest BCUT2D eigenvalue weighted by atomic mass is 10.2. The molecular formula is C13H14F3NO5. The largest absolute Gasteiger partial charge is 0.484 e. The molecule has 0 spiro atoms. The van der Waals surface area contributed by atoms with Crippen LogP contribution in [0.1, 0.15) is 5.56 Å². The number of amides is 1. The molecule has 2 N–H and O–H groups in total. The number of aliphatic carboxylic acids is 1. The van der Waals surface area contributed by atoms with Crippen LogP contribution in [0.15, 0.2) is 24.3 Å². The van der Waals surface area contributed by atoms with Crippen LogP contribution in [0.2, 0.25) is 0 Å². The van der Waals surface area contributed by atoms with Crippen LogP contribution in [-0.2, 0) is 20.5 Å². The van der Waals surface area contributed by atoms with Gasteiger partial charge in [-0.2, -0.15) is 13.2 Å². The molecule has 0 radical (unpaired) electrons. The third-order valence-corrected chi connectivity index (χ3v) is 2.35. The van der Waals surface area contributed by atoms with Gasteiger partial charge in [-0.3, -0.25) is 4.79 Å². The number of hydrogen-bond acceptors (Lipinski definition) is 4. The molecular weight excluding hydrogens is 307 g/mol. The molecule has 1 amide bonds. The molecule has 9 heteroatoms. The molecule has 22 heavy (non-hydrogen) atoms. The minimum Gasteiger partial charge on any atom is -0.484 e. The van der Waals surface area contributed by atoms with Crippen LogP contribution in [0.4, 0.5) is 13.2 Å². The van der Waals surface area contributed by atoms with E-state index in [9.17, 15) is 22.8 Å². The number of ether oxygens (including phenoxy) is 2. The summed E-state index contributed by atoms with van der Waals surface area (Å²) in [6.45, 7) is -0.705. The molecule has 0 saturated carbocycles. The molecule has 0 aliphatic rings. The minimum atomic E-state index is -4.42. The normalized spacial score (nSPS) is 11.0. The molecule has 0 aliphatic heterocycles. The Balaban J connectivity index is 2.25. The summed E-state index contributed by atoms with van der Waals surface area (Å²) < 4.78 is 46.7. The van der Waals surface area contributed by atoms with Crippen molar-refractivity contribution in [3.05, 3.63) is 29.8 Å². The van der Waals surface area contributed by atoms with Gasteiger partial charge in [0.15, 0.2) is 6.61 Å². The molecule has 1 aromatic rings. The smallest absolute Gasteiger partial charge is 0.416 e. The molecule has 6 nitrogen and oxygen atoms in total. The molecule has 0 aromatic heterocycles. The van der Waals surface area contributed by atoms with Crippen molar-refractivity contribution in [3.63, 3.8) is 0 Å². The molecule has 0 fully saturated rings. The number of alkyl halides is 3. The summed E-state index contributed by atoms with van der Waals surface area (Å²) in [6.07, 6.45) is -4.42. The van der Waals surface area contributed by atoms with Crippen LogP contribution in [0.5, 0.6) is 5.75 Å². The number of nitrogens with one attached hydrogen (secondary N) is 1. The summed E-state index contributed by atoms with van der Waals surface area (Å²) in [6, 6.07) is 3.94. The first-order chi connectivity index (χ1) is 10.3. The lowest BCUT2D eigenvalue weighted by Crippen LogP contribution is -2.32. The summed E-state index contributed by atoms with van der Waals surface area (Å²) in [4.78, 5) is 21.5. The van der Waals surface area contributed by atoms with Gasteiger partial charge in [-0.15, -0.1) is 0 Å². The summed E-state index contributed by atoms with van der Waals surface area (Å²) in [7, 11) is 0. The first-order valence-electron chi connectivity index (χ1n) is 6.15. The third kappa shape index (κ3) is 6.93. The highest BCUT2D eigenvalue weighted by Crippen LogP contribution is 2.30. The van der Waals surface area contributed by atoms with Crippen LogP contribution in [0, 0.1) is 0 Å². The molecule has 0 aliphatic carbocycles. The maximum atomic E-state index is 12.3. The molecule has 1 aromatic carbocycles. The van der Waals surface area contributed by atoms with Crippen molar-refractivity contribution in [1.29, 1.82) is 0 Å². The van der Waals surface area contributed by atoms with E-state index in [2.05, 4.69) is 5.32 Å². The number of carboxylic acids is 1. The fourth-order valence-electron chi connectivity index (χ4n) is 1.36. The van der Waals surface area contributed by atoms with Crippen LogP contribution in [0.25, 0.3) is 0 Å². The van der Waals surface area contributed by atoms with E-state index in [-0.39, 0.29) is 25.5 Å². The standard InChI is InChI=1S/C13H14F3NO5/c14-13(15,16)9-1-3-10(4-2-9)22-7-11(18)17-5-6-21-8-12(19)20/h1-4H,5-8H2,(H,17,18)(H,19,20). The van der Waals surface area contributed by atoms with Gasteiger partial charge < -0.3 is 19.9 Å². The molecule has 0 atom stereocenters. The number of rotatable bonds is 8. The summed E-state index contributed by atoms with van der Waals surface area (Å²) in [5.41, 5.74) is -0.806. The van der Waals surface area contributed by atoms with Crippen molar-refractivity contribution < 1.29 is 37.3 Å². The van der Waals surface area contributed by atoms with E-state index in [1.165, 1.54) is 0 Å². The number of hydrogen-bond donors (Lipinski definition) is 2. The Kier molecular flexibility index (Phi) is 6.64. The zero-order valence-corrected chi connectivity index (χ0v) is 11.4. The number of carbonyl (C=O) groups is 2. The Bertz CT molecular complexity index is 501. The van der Waals surface area contributed by atoms with E-state index in [4.69, 9.17) is 14.6 Å². The van der Waals surface area contributed by atoms with Crippen molar-refractivity contribution in [3.8, 4) is 5.75 Å². The SMILES string of the molecule is O=C(O)COCCNC(=O)COc1ccc(C(F)(F)F)cc1. The van der Waals surface area contributed by atoms with Crippen LogP contribution >= 0.6 is 0 Å². The van der Waals surface area contributed by atoms with Gasteiger partial charge in [0, 0.05) is 6.54 Å². The van der Waals surface area contributed by atoms with Crippen molar-refractivity contribution >= 4 is 11.9 Å². The van der Waals surface area contributed by atoms with Crippen LogP contribution in [-0.4, -0.2) is 43.3 Å². The van der Waals surface area contributed by atoms with E-state index in [0.717, 1.165) is 24.3 Å². The van der Waals surface area contributed by atoms with Gasteiger partial charge in [0.2, 0.25) is 0 Å². The van der Waals surface area contributed by atoms with Gasteiger partial charge in [-0.05, 0) is 24.3 Å². The van der Waals surface area contributed by atoms with Crippen LogP contribution < -0.4 is 10.1 Å². The van der Waals surface area contributed by atoms with E-state index < -0.39 is 30.2 Å². The second-order valence-corrected chi connectivity index (χ2v) is 4.11. The van der Waals surface area contributed by atoms with Crippen LogP contribution in [0.3, 0.4) is 0 Å². The quantitative estimate of drug-likeness (QED) is 0.705. The zero-order chi connectivity index (χ0) is 16.6. The number of halogens is 3. The Morgan fingerprint density at radius 1 is 1.14 bits per heavy atom. The van der Waals surface area contributed by atoms with Gasteiger partial charge >= 0.3 is 12.1 Å². The number of carbonyl (C=O) groups excluding carboxylic acids is 1. The maximum Gasteiger partial charge on any atom is 0.416 e. The first kappa shape index (κ1) is 17.8. The van der Waals surface area contributed by atoms with Gasteiger partial charge in [0.25, 0.3) is 5.91 Å². The second kappa shape index (κ2) is 8.23. The Morgan fingerprint density at radius 3 is 2.32 bits per heavy atom. The van der Waals surface area contributed by atoms with E-state index in [0.29, 0.717) is 0 Å². The molecule has 1 rings (SSSR count). The van der Waals surface area contributed by atoms with Crippen molar-refractivity contribution in [2.75, 3.05) is 26.4 Å². The minimum absolute atomic E-state index is 0.0261. The second-order valence-electron chi connectivity index (χ2n) is 4.11. The highest BCUT2D eigenvalue weighted by atomic mass is 19.4. The summed E-state index contributed by atoms with van der Waals surface area (Å²) in [5.74, 6) is -1.49. The molecule has 0 saturated heterocycles. The molecule has 0 heterocycles. The van der Waals surface area contributed by atoms with E-state index in [1.807, 2.05) is 0 Å². The number of benzene rings is 1. The Morgan fingerprint density at radius 2 is 1.77 bits per heavy atom. The average Bonchev–Trinajstić information content (AvgIpc) is 2.44. The predicted molar refractivity (Wildman–Crippen MR) is 68.4 cm³/mol. The lowest BCUT2D eigenvalue weighted by molar-refractivity contribution is -0.142. The van der Waals surface area contributed by atoms with Gasteiger partial charge in [0.1, 0.15) is 12.4 Å². The Hall–Kier alpha value is -2.29. The number of carboxylic acid groups (broad SMARTS) is 1. The van der Waals surface area contributed by atoms with Crippen molar-refractivity contribution in [1.82, 2.24) is 5.32 Å². The fraction of sp³-hybridized carbons (Fsp3) is 0.385. The molecule has 0 unspecified atom stereocenters. The Labute approximate surface area is 123 Å². The van der Waals surface area contributed by atoms with Crippen molar-refractivity contribution in [2.45, 2.75) is 6.18 Å². The third-order valence-electron chi connectivity index (χ3n) is 2.35. The highest BCUT2D eigenvalue weighted by Gasteiger charge is 2.30. The molecule has 122 valence electrons. The zero-order valence-electron chi connectivity index (χ0n) is 11.4. The topological polar surface area (TPSA) is 84.9 Å². The predicted octanol–water partition coefficient (Wildman–Crippen LogP) is 1.30. The monoisotopic (exact) mass is 321 g/mol. The van der Waals surface area contributed by atoms with E-state index >= 15 is 0 Å². The van der Waals surface area contributed by atoms with Gasteiger partial charge in [0.05, 0.1) is 12.2 Å². The highest BCUT2D eigenvalue weighted by molar-refractivity contribution is 5.77. The lowest BCUT2D eigenvalue weighted by Gasteiger charge is -2.09. The van der Waals surface area contributed by atoms with Gasteiger partial charge in [-0.25, -0.2) is 4.79 Å². The average molecular weight is 321 g/mol. The van der Waals surface area contributed by atoms with Crippen molar-refractivity contribution in [2.24, 2.45) is 0 Å². The summed E-state index contributed by atoms with van der Waals surface area (Å²) >= 11 is 0. The van der Waals surface area contributed by atoms with Gasteiger partial charge in [-0.1, -0.05) is 0 Å². The fourth-order valence-corrected chi connectivity index (χ4v) is 1.36. The maximum absolute atomic E-state index is 12.3. The molecule has 0 bridgehead atoms. The van der Waals surface area contributed by atoms with E-state index in [1.54, 1.807) is 0 Å².